The van der Waals surface area contributed by atoms with E-state index in [2.05, 4.69) is 17.1 Å². The van der Waals surface area contributed by atoms with Gasteiger partial charge in [0.15, 0.2) is 5.69 Å². The van der Waals surface area contributed by atoms with Crippen molar-refractivity contribution >= 4 is 0 Å². The summed E-state index contributed by atoms with van der Waals surface area (Å²) in [6, 6.07) is 4.36. The minimum Gasteiger partial charge on any atom is -0.391 e. The molecule has 2 nitrogen and oxygen atoms in total. The Morgan fingerprint density at radius 3 is 2.58 bits per heavy atom. The van der Waals surface area contributed by atoms with Crippen LogP contribution in [-0.2, 0) is 12.8 Å². The van der Waals surface area contributed by atoms with Gasteiger partial charge in [-0.05, 0) is 6.07 Å². The number of hydrogen-bond acceptors (Lipinski definition) is 2. The maximum absolute atomic E-state index is 12.0. The Kier molecular flexibility index (Phi) is 2.20. The highest BCUT2D eigenvalue weighted by Crippen LogP contribution is 2.28. The molecule has 1 aromatic heterocycles. The average molecular weight is 175 g/mol. The van der Waals surface area contributed by atoms with Crippen molar-refractivity contribution in [3.8, 4) is 0 Å². The fraction of sp³-hybridized carbons (Fsp3) is 0.286. The molecule has 0 spiro atoms. The molecule has 0 unspecified atom stereocenters. The summed E-state index contributed by atoms with van der Waals surface area (Å²) in [4.78, 5) is 3.05. The Bertz CT molecular complexity index is 272. The Balaban J connectivity index is 3.14. The van der Waals surface area contributed by atoms with Gasteiger partial charge >= 0.3 is 6.18 Å². The number of aliphatic hydroxyl groups excluding tert-OH is 1. The molecular formula is C7H4F3NO. The van der Waals surface area contributed by atoms with E-state index in [1.54, 1.807) is 0 Å². The van der Waals surface area contributed by atoms with Crippen LogP contribution in [0.3, 0.4) is 0 Å². The molecule has 0 saturated heterocycles. The van der Waals surface area contributed by atoms with Crippen LogP contribution in [-0.4, -0.2) is 10.1 Å². The summed E-state index contributed by atoms with van der Waals surface area (Å²) in [6.07, 6.45) is -3.67. The van der Waals surface area contributed by atoms with E-state index in [1.807, 2.05) is 0 Å². The summed E-state index contributed by atoms with van der Waals surface area (Å²) in [5.74, 6) is 0. The van der Waals surface area contributed by atoms with E-state index in [4.69, 9.17) is 5.11 Å². The highest BCUT2D eigenvalue weighted by molar-refractivity contribution is 5.16. The third kappa shape index (κ3) is 1.66. The monoisotopic (exact) mass is 175 g/mol. The molecule has 0 saturated carbocycles. The smallest absolute Gasteiger partial charge is 0.391 e. The van der Waals surface area contributed by atoms with Crippen LogP contribution in [0.25, 0.3) is 0 Å². The standard InChI is InChI=1S/C7H4F3NO/c8-7(9,10)6-5(4-12)2-1-3-11-6/h3,12H,4H2. The Labute approximate surface area is 66.7 Å². The van der Waals surface area contributed by atoms with Gasteiger partial charge in [-0.15, -0.1) is 0 Å². The molecule has 0 aliphatic heterocycles. The van der Waals surface area contributed by atoms with Gasteiger partial charge in [0.2, 0.25) is 0 Å². The summed E-state index contributed by atoms with van der Waals surface area (Å²) in [6.45, 7) is -0.737. The van der Waals surface area contributed by atoms with Crippen LogP contribution in [0.5, 0.6) is 0 Å². The number of nitrogens with zero attached hydrogens (tertiary/aromatic N) is 1. The first kappa shape index (κ1) is 8.81. The SMILES string of the molecule is OCc1c#ccnc1C(F)(F)F. The predicted octanol–water partition coefficient (Wildman–Crippen LogP) is 1.19. The van der Waals surface area contributed by atoms with Crippen LogP contribution in [0.4, 0.5) is 13.2 Å². The lowest BCUT2D eigenvalue weighted by Gasteiger charge is -2.06. The van der Waals surface area contributed by atoms with E-state index >= 15 is 0 Å². The van der Waals surface area contributed by atoms with Crippen LogP contribution in [0.15, 0.2) is 6.20 Å². The van der Waals surface area contributed by atoms with Crippen LogP contribution < -0.4 is 0 Å². The van der Waals surface area contributed by atoms with E-state index in [-0.39, 0.29) is 5.56 Å². The van der Waals surface area contributed by atoms with Crippen molar-refractivity contribution in [1.82, 2.24) is 4.98 Å². The molecule has 5 heteroatoms. The second kappa shape index (κ2) is 2.99. The average Bonchev–Trinajstić information content (AvgIpc) is 2.03. The molecule has 0 radical (unpaired) electrons. The van der Waals surface area contributed by atoms with Gasteiger partial charge in [0.1, 0.15) is 0 Å². The van der Waals surface area contributed by atoms with E-state index in [1.165, 1.54) is 0 Å². The number of aliphatic hydroxyl groups is 1. The first-order valence-electron chi connectivity index (χ1n) is 3.01. The summed E-state index contributed by atoms with van der Waals surface area (Å²) in [5, 5.41) is 8.49. The second-order valence-electron chi connectivity index (χ2n) is 2.01. The minimum atomic E-state index is -4.54. The normalized spacial score (nSPS) is 11.0. The minimum absolute atomic E-state index is 0.384. The van der Waals surface area contributed by atoms with Gasteiger partial charge in [0, 0.05) is 0 Å². The zero-order valence-electron chi connectivity index (χ0n) is 5.81. The molecule has 0 fully saturated rings. The second-order valence-corrected chi connectivity index (χ2v) is 2.01. The lowest BCUT2D eigenvalue weighted by Crippen LogP contribution is -2.11. The largest absolute Gasteiger partial charge is 0.434 e. The first-order chi connectivity index (χ1) is 5.55. The summed E-state index contributed by atoms with van der Waals surface area (Å²) in [7, 11) is 0. The molecule has 12 heavy (non-hydrogen) atoms. The highest BCUT2D eigenvalue weighted by Gasteiger charge is 2.34. The Morgan fingerprint density at radius 1 is 1.50 bits per heavy atom. The summed E-state index contributed by atoms with van der Waals surface area (Å²) < 4.78 is 36.1. The van der Waals surface area contributed by atoms with Gasteiger partial charge in [0.25, 0.3) is 0 Å². The van der Waals surface area contributed by atoms with Gasteiger partial charge in [-0.2, -0.15) is 13.2 Å². The predicted molar refractivity (Wildman–Crippen MR) is 32.8 cm³/mol. The first-order valence-corrected chi connectivity index (χ1v) is 3.01. The van der Waals surface area contributed by atoms with Gasteiger partial charge in [0.05, 0.1) is 18.4 Å². The van der Waals surface area contributed by atoms with Gasteiger partial charge in [-0.25, -0.2) is 4.98 Å². The molecule has 0 aliphatic carbocycles. The molecule has 0 bridgehead atoms. The number of halogens is 3. The molecule has 0 atom stereocenters. The zero-order valence-corrected chi connectivity index (χ0v) is 5.81. The third-order valence-electron chi connectivity index (χ3n) is 1.19. The Morgan fingerprint density at radius 2 is 2.17 bits per heavy atom. The lowest BCUT2D eigenvalue weighted by molar-refractivity contribution is -0.142. The quantitative estimate of drug-likeness (QED) is 0.695. The zero-order chi connectivity index (χ0) is 9.19. The molecule has 64 valence electrons. The van der Waals surface area contributed by atoms with Gasteiger partial charge in [-0.1, -0.05) is 6.07 Å². The van der Waals surface area contributed by atoms with E-state index in [9.17, 15) is 13.2 Å². The molecule has 0 amide bonds. The van der Waals surface area contributed by atoms with Crippen molar-refractivity contribution in [2.75, 3.05) is 0 Å². The van der Waals surface area contributed by atoms with E-state index in [0.29, 0.717) is 0 Å². The van der Waals surface area contributed by atoms with Gasteiger partial charge in [-0.3, -0.25) is 0 Å². The summed E-state index contributed by atoms with van der Waals surface area (Å²) >= 11 is 0. The van der Waals surface area contributed by atoms with Crippen molar-refractivity contribution in [1.29, 1.82) is 0 Å². The molecule has 1 rings (SSSR count). The van der Waals surface area contributed by atoms with Crippen LogP contribution in [0.1, 0.15) is 11.3 Å². The van der Waals surface area contributed by atoms with Crippen molar-refractivity contribution in [3.63, 3.8) is 0 Å². The fourth-order valence-corrected chi connectivity index (χ4v) is 0.712. The maximum atomic E-state index is 12.0. The topological polar surface area (TPSA) is 33.1 Å². The van der Waals surface area contributed by atoms with Crippen molar-refractivity contribution in [2.24, 2.45) is 0 Å². The van der Waals surface area contributed by atoms with Crippen molar-refractivity contribution in [2.45, 2.75) is 12.8 Å². The number of alkyl halides is 3. The number of hydrogen-bond donors (Lipinski definition) is 1. The Hall–Kier alpha value is -1.28. The van der Waals surface area contributed by atoms with Crippen LogP contribution in [0.2, 0.25) is 0 Å². The number of aromatic nitrogens is 1. The summed E-state index contributed by atoms with van der Waals surface area (Å²) in [5.41, 5.74) is -1.49. The maximum Gasteiger partial charge on any atom is 0.434 e. The van der Waals surface area contributed by atoms with Gasteiger partial charge < -0.3 is 5.11 Å². The fourth-order valence-electron chi connectivity index (χ4n) is 0.712. The van der Waals surface area contributed by atoms with Crippen molar-refractivity contribution in [3.05, 3.63) is 29.6 Å². The number of rotatable bonds is 1. The van der Waals surface area contributed by atoms with Crippen LogP contribution in [0, 0.1) is 12.1 Å². The molecule has 0 aliphatic rings. The molecule has 0 aromatic carbocycles. The molecule has 1 N–H and O–H groups in total. The third-order valence-corrected chi connectivity index (χ3v) is 1.19. The molecule has 1 heterocycles. The highest BCUT2D eigenvalue weighted by atomic mass is 19.4. The lowest BCUT2D eigenvalue weighted by atomic mass is 10.2. The van der Waals surface area contributed by atoms with Crippen molar-refractivity contribution < 1.29 is 18.3 Å². The molecular weight excluding hydrogens is 171 g/mol. The molecule has 1 aromatic rings. The van der Waals surface area contributed by atoms with Crippen LogP contribution >= 0.6 is 0 Å². The van der Waals surface area contributed by atoms with E-state index in [0.717, 1.165) is 6.20 Å². The van der Waals surface area contributed by atoms with E-state index < -0.39 is 18.5 Å².